The Labute approximate surface area is 148 Å². The summed E-state index contributed by atoms with van der Waals surface area (Å²) >= 11 is 0. The van der Waals surface area contributed by atoms with Crippen LogP contribution in [0.1, 0.15) is 24.5 Å². The van der Waals surface area contributed by atoms with E-state index in [4.69, 9.17) is 14.2 Å². The Kier molecular flexibility index (Phi) is 6.28. The third-order valence-electron chi connectivity index (χ3n) is 4.07. The molecular formula is C20H25NO4. The number of nitrogens with one attached hydrogen (secondary N) is 1. The number of hydrogen-bond donors (Lipinski definition) is 1. The van der Waals surface area contributed by atoms with Crippen molar-refractivity contribution in [1.29, 1.82) is 0 Å². The molecule has 0 bridgehead atoms. The van der Waals surface area contributed by atoms with Crippen molar-refractivity contribution in [3.05, 3.63) is 47.5 Å². The lowest BCUT2D eigenvalue weighted by Crippen LogP contribution is -2.32. The second-order valence-corrected chi connectivity index (χ2v) is 5.82. The Morgan fingerprint density at radius 2 is 1.72 bits per heavy atom. The molecular weight excluding hydrogens is 318 g/mol. The number of hydrogen-bond acceptors (Lipinski definition) is 4. The number of carbonyl (C=O) groups excluding carboxylic acids is 1. The third kappa shape index (κ3) is 4.66. The van der Waals surface area contributed by atoms with Crippen molar-refractivity contribution in [3.63, 3.8) is 0 Å². The minimum atomic E-state index is -0.574. The molecule has 25 heavy (non-hydrogen) atoms. The molecule has 2 aromatic carbocycles. The summed E-state index contributed by atoms with van der Waals surface area (Å²) in [7, 11) is 3.13. The average Bonchev–Trinajstić information content (AvgIpc) is 2.62. The lowest BCUT2D eigenvalue weighted by atomic mass is 10.1. The van der Waals surface area contributed by atoms with E-state index in [2.05, 4.69) is 5.32 Å². The minimum absolute atomic E-state index is 0.201. The molecule has 0 radical (unpaired) electrons. The topological polar surface area (TPSA) is 56.8 Å². The molecule has 0 saturated heterocycles. The van der Waals surface area contributed by atoms with Crippen LogP contribution in [0.2, 0.25) is 0 Å². The molecule has 1 atom stereocenters. The third-order valence-corrected chi connectivity index (χ3v) is 4.07. The van der Waals surface area contributed by atoms with Crippen molar-refractivity contribution in [2.24, 2.45) is 0 Å². The first-order valence-electron chi connectivity index (χ1n) is 8.25. The zero-order valence-electron chi connectivity index (χ0n) is 15.4. The van der Waals surface area contributed by atoms with Gasteiger partial charge in [-0.25, -0.2) is 0 Å². The molecule has 5 heteroatoms. The predicted molar refractivity (Wildman–Crippen MR) is 98.8 cm³/mol. The van der Waals surface area contributed by atoms with Crippen LogP contribution in [0.25, 0.3) is 0 Å². The second-order valence-electron chi connectivity index (χ2n) is 5.82. The fourth-order valence-electron chi connectivity index (χ4n) is 2.41. The molecule has 0 fully saturated rings. The maximum Gasteiger partial charge on any atom is 0.265 e. The summed E-state index contributed by atoms with van der Waals surface area (Å²) in [5, 5.41) is 2.87. The van der Waals surface area contributed by atoms with Crippen molar-refractivity contribution < 1.29 is 19.0 Å². The summed E-state index contributed by atoms with van der Waals surface area (Å²) in [4.78, 5) is 12.5. The van der Waals surface area contributed by atoms with Crippen LogP contribution in [0, 0.1) is 13.8 Å². The Morgan fingerprint density at radius 1 is 1.00 bits per heavy atom. The molecule has 0 aromatic heterocycles. The van der Waals surface area contributed by atoms with Crippen LogP contribution in [-0.4, -0.2) is 26.2 Å². The van der Waals surface area contributed by atoms with Crippen LogP contribution in [0.5, 0.6) is 17.2 Å². The average molecular weight is 343 g/mol. The number of benzene rings is 2. The number of rotatable bonds is 7. The van der Waals surface area contributed by atoms with Gasteiger partial charge in [0.2, 0.25) is 0 Å². The molecule has 2 aromatic rings. The molecule has 0 aliphatic rings. The zero-order valence-corrected chi connectivity index (χ0v) is 15.4. The zero-order chi connectivity index (χ0) is 18.4. The van der Waals surface area contributed by atoms with Crippen LogP contribution in [0.4, 0.5) is 5.69 Å². The maximum absolute atomic E-state index is 12.5. The van der Waals surface area contributed by atoms with Crippen molar-refractivity contribution in [2.45, 2.75) is 33.3 Å². The maximum atomic E-state index is 12.5. The second kappa shape index (κ2) is 8.42. The largest absolute Gasteiger partial charge is 0.493 e. The highest BCUT2D eigenvalue weighted by Crippen LogP contribution is 2.30. The molecule has 1 amide bonds. The number of carbonyl (C=O) groups is 1. The lowest BCUT2D eigenvalue weighted by molar-refractivity contribution is -0.122. The SMILES string of the molecule is CC[C@@H](Oc1ccc(C)c(C)c1)C(=O)Nc1ccc(OC)c(OC)c1. The summed E-state index contributed by atoms with van der Waals surface area (Å²) in [5.74, 6) is 1.66. The molecule has 2 rings (SSSR count). The summed E-state index contributed by atoms with van der Waals surface area (Å²) < 4.78 is 16.3. The fourth-order valence-corrected chi connectivity index (χ4v) is 2.41. The highest BCUT2D eigenvalue weighted by Gasteiger charge is 2.19. The van der Waals surface area contributed by atoms with E-state index in [-0.39, 0.29) is 5.91 Å². The van der Waals surface area contributed by atoms with Gasteiger partial charge in [0.05, 0.1) is 14.2 Å². The van der Waals surface area contributed by atoms with Gasteiger partial charge in [0.25, 0.3) is 5.91 Å². The Morgan fingerprint density at radius 3 is 2.32 bits per heavy atom. The molecule has 0 aliphatic heterocycles. The summed E-state index contributed by atoms with van der Waals surface area (Å²) in [6.07, 6.45) is -0.0123. The smallest absolute Gasteiger partial charge is 0.265 e. The van der Waals surface area contributed by atoms with Crippen LogP contribution in [-0.2, 0) is 4.79 Å². The molecule has 0 aliphatic carbocycles. The molecule has 0 saturated carbocycles. The van der Waals surface area contributed by atoms with Gasteiger partial charge in [-0.05, 0) is 55.7 Å². The Hall–Kier alpha value is -2.69. The van der Waals surface area contributed by atoms with Gasteiger partial charge < -0.3 is 19.5 Å². The summed E-state index contributed by atoms with van der Waals surface area (Å²) in [6.45, 7) is 5.98. The van der Waals surface area contributed by atoms with Gasteiger partial charge >= 0.3 is 0 Å². The van der Waals surface area contributed by atoms with E-state index in [0.717, 1.165) is 5.56 Å². The van der Waals surface area contributed by atoms with Crippen LogP contribution < -0.4 is 19.5 Å². The minimum Gasteiger partial charge on any atom is -0.493 e. The number of ether oxygens (including phenoxy) is 3. The van der Waals surface area contributed by atoms with Gasteiger partial charge in [0.1, 0.15) is 5.75 Å². The first-order chi connectivity index (χ1) is 12.0. The van der Waals surface area contributed by atoms with Crippen molar-refractivity contribution in [2.75, 3.05) is 19.5 Å². The van der Waals surface area contributed by atoms with Crippen LogP contribution in [0.3, 0.4) is 0 Å². The highest BCUT2D eigenvalue weighted by molar-refractivity contribution is 5.94. The van der Waals surface area contributed by atoms with E-state index >= 15 is 0 Å². The first kappa shape index (κ1) is 18.6. The monoisotopic (exact) mass is 343 g/mol. The van der Waals surface area contributed by atoms with Crippen molar-refractivity contribution in [3.8, 4) is 17.2 Å². The summed E-state index contributed by atoms with van der Waals surface area (Å²) in [6, 6.07) is 11.1. The number of methoxy groups -OCH3 is 2. The lowest BCUT2D eigenvalue weighted by Gasteiger charge is -2.18. The Bertz CT molecular complexity index is 742. The molecule has 0 spiro atoms. The van der Waals surface area contributed by atoms with Gasteiger partial charge in [-0.1, -0.05) is 13.0 Å². The number of anilines is 1. The van der Waals surface area contributed by atoms with Gasteiger partial charge in [-0.2, -0.15) is 0 Å². The predicted octanol–water partition coefficient (Wildman–Crippen LogP) is 4.12. The van der Waals surface area contributed by atoms with Gasteiger partial charge in [0, 0.05) is 11.8 Å². The van der Waals surface area contributed by atoms with E-state index in [1.807, 2.05) is 39.0 Å². The molecule has 134 valence electrons. The van der Waals surface area contributed by atoms with E-state index in [0.29, 0.717) is 29.4 Å². The molecule has 0 unspecified atom stereocenters. The van der Waals surface area contributed by atoms with Crippen LogP contribution >= 0.6 is 0 Å². The summed E-state index contributed by atoms with van der Waals surface area (Å²) in [5.41, 5.74) is 2.95. The quantitative estimate of drug-likeness (QED) is 0.822. The Balaban J connectivity index is 2.10. The fraction of sp³-hybridized carbons (Fsp3) is 0.350. The van der Waals surface area contributed by atoms with Crippen molar-refractivity contribution in [1.82, 2.24) is 0 Å². The van der Waals surface area contributed by atoms with E-state index < -0.39 is 6.10 Å². The number of amides is 1. The van der Waals surface area contributed by atoms with E-state index in [1.54, 1.807) is 32.4 Å². The highest BCUT2D eigenvalue weighted by atomic mass is 16.5. The normalized spacial score (nSPS) is 11.6. The first-order valence-corrected chi connectivity index (χ1v) is 8.25. The van der Waals surface area contributed by atoms with E-state index in [1.165, 1.54) is 5.56 Å². The van der Waals surface area contributed by atoms with Gasteiger partial charge in [-0.3, -0.25) is 4.79 Å². The van der Waals surface area contributed by atoms with E-state index in [9.17, 15) is 4.79 Å². The van der Waals surface area contributed by atoms with Crippen molar-refractivity contribution >= 4 is 11.6 Å². The van der Waals surface area contributed by atoms with Gasteiger partial charge in [-0.15, -0.1) is 0 Å². The van der Waals surface area contributed by atoms with Gasteiger partial charge in [0.15, 0.2) is 17.6 Å². The van der Waals surface area contributed by atoms with Crippen LogP contribution in [0.15, 0.2) is 36.4 Å². The number of aryl methyl sites for hydroxylation is 2. The standard InChI is InChI=1S/C20H25NO4/c1-6-17(25-16-9-7-13(2)14(3)11-16)20(22)21-15-8-10-18(23-4)19(12-15)24-5/h7-12,17H,6H2,1-5H3,(H,21,22)/t17-/m1/s1. The molecule has 0 heterocycles. The molecule has 1 N–H and O–H groups in total. The molecule has 5 nitrogen and oxygen atoms in total.